The number of amides is 1. The Kier molecular flexibility index (Phi) is 22.8. The molecule has 4 N–H and O–H groups in total. The Morgan fingerprint density at radius 3 is 2.22 bits per heavy atom. The molecule has 3 rings (SSSR count). The summed E-state index contributed by atoms with van der Waals surface area (Å²) >= 11 is 0. The van der Waals surface area contributed by atoms with E-state index in [-0.39, 0.29) is 42.5 Å². The first-order valence-corrected chi connectivity index (χ1v) is 23.6. The van der Waals surface area contributed by atoms with Crippen molar-refractivity contribution in [2.24, 2.45) is 35.5 Å². The van der Waals surface area contributed by atoms with Crippen LogP contribution in [-0.2, 0) is 42.9 Å². The van der Waals surface area contributed by atoms with Crippen molar-refractivity contribution < 1.29 is 63.3 Å². The van der Waals surface area contributed by atoms with Gasteiger partial charge in [-0.2, -0.15) is 0 Å². The van der Waals surface area contributed by atoms with Gasteiger partial charge in [-0.15, -0.1) is 0 Å². The molecule has 0 aromatic heterocycles. The van der Waals surface area contributed by atoms with E-state index in [2.05, 4.69) is 6.92 Å². The zero-order valence-corrected chi connectivity index (χ0v) is 40.5. The summed E-state index contributed by atoms with van der Waals surface area (Å²) in [5.41, 5.74) is 1.35. The third kappa shape index (κ3) is 16.0. The highest BCUT2D eigenvalue weighted by atomic mass is 16.6. The Labute approximate surface area is 387 Å². The van der Waals surface area contributed by atoms with Crippen LogP contribution >= 0.6 is 0 Å². The fourth-order valence-corrected chi connectivity index (χ4v) is 9.48. The molecule has 0 aromatic carbocycles. The van der Waals surface area contributed by atoms with Gasteiger partial charge in [-0.05, 0) is 113 Å². The fraction of sp³-hybridized carbons (Fsp3) is 0.706. The monoisotopic (exact) mass is 914 g/mol. The smallest absolute Gasteiger partial charge is 0.326 e. The summed E-state index contributed by atoms with van der Waals surface area (Å²) < 4.78 is 22.7. The Hall–Kier alpha value is -3.63. The lowest BCUT2D eigenvalue weighted by molar-refractivity contribution is -0.265. The molecule has 14 heteroatoms. The van der Waals surface area contributed by atoms with Gasteiger partial charge in [0, 0.05) is 52.0 Å². The number of carbonyl (C=O) groups is 5. The first kappa shape index (κ1) is 55.7. The number of aliphatic hydroxyl groups excluding tert-OH is 2. The van der Waals surface area contributed by atoms with Gasteiger partial charge < -0.3 is 44.3 Å². The van der Waals surface area contributed by atoms with Crippen molar-refractivity contribution in [1.82, 2.24) is 4.90 Å². The van der Waals surface area contributed by atoms with E-state index in [0.29, 0.717) is 56.4 Å². The van der Waals surface area contributed by atoms with Gasteiger partial charge in [0.15, 0.2) is 11.6 Å². The number of nitrogens with zero attached hydrogens (tertiary/aromatic N) is 1. The predicted molar refractivity (Wildman–Crippen MR) is 247 cm³/mol. The van der Waals surface area contributed by atoms with Crippen molar-refractivity contribution >= 4 is 29.2 Å². The van der Waals surface area contributed by atoms with Crippen molar-refractivity contribution in [2.75, 3.05) is 27.9 Å². The fourth-order valence-electron chi connectivity index (χ4n) is 9.48. The van der Waals surface area contributed by atoms with Gasteiger partial charge in [-0.3, -0.25) is 19.2 Å². The van der Waals surface area contributed by atoms with Crippen LogP contribution in [0.5, 0.6) is 0 Å². The number of likely N-dealkylation sites (tertiary alicyclic amines) is 1. The van der Waals surface area contributed by atoms with E-state index >= 15 is 0 Å². The second kappa shape index (κ2) is 26.6. The minimum atomic E-state index is -2.38. The zero-order valence-electron chi connectivity index (χ0n) is 40.5. The summed E-state index contributed by atoms with van der Waals surface area (Å²) in [4.78, 5) is 66.1. The van der Waals surface area contributed by atoms with Crippen LogP contribution in [0.2, 0.25) is 0 Å². The SMILES string of the molecule is CO[C@@H](C[C@@H]1CC[C@@H](C)[C@](O)(C(=O)C(=O)N2CCCC[C@H]2C(=O)O)O1)/C(C)=C/C=C/C=C[C@@H](C)C[C@@H](C)C(=O)[C@H](OC)[C@H](O)/C(C)=C/[C@@H](C)C(=O)/C=C/[C@H](C)C[C@@H]1CC[C@@H](O)[C@H](OC)C1. The largest absolute Gasteiger partial charge is 0.480 e. The summed E-state index contributed by atoms with van der Waals surface area (Å²) in [6.45, 7) is 13.0. The van der Waals surface area contributed by atoms with Crippen LogP contribution in [0.1, 0.15) is 119 Å². The number of methoxy groups -OCH3 is 3. The van der Waals surface area contributed by atoms with Gasteiger partial charge in [0.05, 0.1) is 24.4 Å². The van der Waals surface area contributed by atoms with Gasteiger partial charge in [0.1, 0.15) is 18.2 Å². The van der Waals surface area contributed by atoms with Crippen molar-refractivity contribution in [1.29, 1.82) is 0 Å². The molecule has 0 spiro atoms. The minimum absolute atomic E-state index is 0.0173. The quantitative estimate of drug-likeness (QED) is 0.0353. The number of aliphatic carboxylic acids is 1. The molecule has 14 atom stereocenters. The highest BCUT2D eigenvalue weighted by molar-refractivity contribution is 6.39. The number of hydrogen-bond acceptors (Lipinski definition) is 12. The maximum atomic E-state index is 13.5. The summed E-state index contributed by atoms with van der Waals surface area (Å²) in [7, 11) is 4.58. The number of carboxylic acid groups (broad SMARTS) is 1. The van der Waals surface area contributed by atoms with E-state index in [4.69, 9.17) is 18.9 Å². The van der Waals surface area contributed by atoms with Crippen LogP contribution in [0, 0.1) is 35.5 Å². The Balaban J connectivity index is 1.51. The number of hydrogen-bond donors (Lipinski definition) is 4. The third-order valence-electron chi connectivity index (χ3n) is 13.7. The average Bonchev–Trinajstić information content (AvgIpc) is 3.28. The Morgan fingerprint density at radius 1 is 0.862 bits per heavy atom. The number of piperidine rings is 1. The highest BCUT2D eigenvalue weighted by Crippen LogP contribution is 2.37. The molecule has 2 aliphatic heterocycles. The molecule has 3 fully saturated rings. The predicted octanol–water partition coefficient (Wildman–Crippen LogP) is 6.51. The molecule has 65 heavy (non-hydrogen) atoms. The van der Waals surface area contributed by atoms with Crippen LogP contribution in [0.4, 0.5) is 0 Å². The molecule has 1 saturated carbocycles. The lowest BCUT2D eigenvalue weighted by atomic mass is 9.80. The van der Waals surface area contributed by atoms with Gasteiger partial charge >= 0.3 is 5.97 Å². The Bertz CT molecular complexity index is 1750. The van der Waals surface area contributed by atoms with Crippen molar-refractivity contribution in [2.45, 2.75) is 168 Å². The molecule has 3 aliphatic rings. The summed E-state index contributed by atoms with van der Waals surface area (Å²) in [5.74, 6) is -7.06. The molecule has 1 aliphatic carbocycles. The molecular weight excluding hydrogens is 835 g/mol. The number of aliphatic hydroxyl groups is 3. The van der Waals surface area contributed by atoms with Gasteiger partial charge in [-0.1, -0.05) is 77.2 Å². The first-order chi connectivity index (χ1) is 30.7. The number of carboxylic acids is 1. The second-order valence-electron chi connectivity index (χ2n) is 19.0. The van der Waals surface area contributed by atoms with Gasteiger partial charge in [0.2, 0.25) is 5.79 Å². The van der Waals surface area contributed by atoms with E-state index in [1.54, 1.807) is 47.1 Å². The maximum Gasteiger partial charge on any atom is 0.326 e. The summed E-state index contributed by atoms with van der Waals surface area (Å²) in [6, 6.07) is -1.12. The van der Waals surface area contributed by atoms with Gasteiger partial charge in [-0.25, -0.2) is 4.79 Å². The van der Waals surface area contributed by atoms with Crippen LogP contribution in [0.3, 0.4) is 0 Å². The number of rotatable bonds is 24. The summed E-state index contributed by atoms with van der Waals surface area (Å²) in [6.07, 6.45) is 17.4. The number of Topliss-reactive ketones (excluding diaryl/α,β-unsaturated/α-hetero) is 2. The zero-order chi connectivity index (χ0) is 48.6. The maximum absolute atomic E-state index is 13.5. The molecular formula is C51H79NO13. The first-order valence-electron chi connectivity index (χ1n) is 23.6. The second-order valence-corrected chi connectivity index (χ2v) is 19.0. The van der Waals surface area contributed by atoms with Crippen molar-refractivity contribution in [3.05, 3.63) is 59.8 Å². The van der Waals surface area contributed by atoms with E-state index in [0.717, 1.165) is 29.7 Å². The third-order valence-corrected chi connectivity index (χ3v) is 13.7. The minimum Gasteiger partial charge on any atom is -0.480 e. The van der Waals surface area contributed by atoms with Crippen LogP contribution in [0.15, 0.2) is 59.8 Å². The van der Waals surface area contributed by atoms with E-state index in [1.807, 2.05) is 57.2 Å². The lowest BCUT2D eigenvalue weighted by Crippen LogP contribution is -2.60. The molecule has 0 radical (unpaired) electrons. The van der Waals surface area contributed by atoms with Crippen LogP contribution in [-0.4, -0.2) is 131 Å². The topological polar surface area (TPSA) is 206 Å². The molecule has 2 saturated heterocycles. The summed E-state index contributed by atoms with van der Waals surface area (Å²) in [5, 5.41) is 42.4. The number of ether oxygens (including phenoxy) is 4. The number of allylic oxidation sites excluding steroid dienone is 8. The number of carbonyl (C=O) groups excluding carboxylic acids is 4. The van der Waals surface area contributed by atoms with Crippen molar-refractivity contribution in [3.63, 3.8) is 0 Å². The standard InChI is InChI=1S/C51H79NO13/c1-31(26-35(5)45(55)47(64-10)46(56)36(6)28-34(4)41(53)23-19-32(2)27-38-21-24-42(54)44(29-38)63-9)16-12-11-13-17-33(3)43(62-8)30-39-22-20-37(7)51(61,65-39)48(57)49(58)52-25-15-14-18-40(52)50(59)60/h11-13,16-17,19,23,28,31-32,34-35,37-40,42-44,46-47,54,56,61H,14-15,18,20-22,24-27,29-30H2,1-10H3,(H,59,60)/b13-11+,16-12?,23-19+,33-17+,36-28+/t31-,32+,34-,35-,37-,38+,39+,40+,42-,43+,44-,46-,47+,51-/m1/s1. The van der Waals surface area contributed by atoms with Crippen LogP contribution < -0.4 is 0 Å². The van der Waals surface area contributed by atoms with Gasteiger partial charge in [0.25, 0.3) is 11.7 Å². The highest BCUT2D eigenvalue weighted by Gasteiger charge is 2.52. The Morgan fingerprint density at radius 2 is 1.57 bits per heavy atom. The molecule has 0 bridgehead atoms. The lowest BCUT2D eigenvalue weighted by Gasteiger charge is -2.42. The van der Waals surface area contributed by atoms with E-state index < -0.39 is 77.8 Å². The molecule has 366 valence electrons. The van der Waals surface area contributed by atoms with E-state index in [9.17, 15) is 44.4 Å². The molecule has 2 heterocycles. The van der Waals surface area contributed by atoms with Crippen LogP contribution in [0.25, 0.3) is 0 Å². The van der Waals surface area contributed by atoms with E-state index in [1.165, 1.54) is 7.11 Å². The molecule has 0 aromatic rings. The number of ketones is 3. The normalized spacial score (nSPS) is 29.3. The molecule has 1 amide bonds. The average molecular weight is 914 g/mol. The molecule has 0 unspecified atom stereocenters. The molecule has 14 nitrogen and oxygen atoms in total. The van der Waals surface area contributed by atoms with Crippen molar-refractivity contribution in [3.8, 4) is 0 Å².